The molecule has 102 valence electrons. The van der Waals surface area contributed by atoms with Gasteiger partial charge in [-0.25, -0.2) is 0 Å². The minimum atomic E-state index is -0.553. The topological polar surface area (TPSA) is 61.5 Å². The van der Waals surface area contributed by atoms with Crippen molar-refractivity contribution >= 4 is 30.1 Å². The first-order valence-electron chi connectivity index (χ1n) is 5.21. The SMILES string of the molecule is COC(=O)[C@@H](N)CSCc1ccc(OC)cc1.Cl. The summed E-state index contributed by atoms with van der Waals surface area (Å²) in [5.74, 6) is 1.84. The number of nitrogens with two attached hydrogens (primary N) is 1. The minimum Gasteiger partial charge on any atom is -0.497 e. The van der Waals surface area contributed by atoms with Gasteiger partial charge in [0.2, 0.25) is 0 Å². The van der Waals surface area contributed by atoms with E-state index in [0.717, 1.165) is 11.5 Å². The Labute approximate surface area is 118 Å². The average molecular weight is 292 g/mol. The summed E-state index contributed by atoms with van der Waals surface area (Å²) in [4.78, 5) is 11.1. The molecule has 1 aromatic rings. The first-order valence-corrected chi connectivity index (χ1v) is 6.37. The molecule has 0 bridgehead atoms. The first-order chi connectivity index (χ1) is 8.17. The zero-order valence-electron chi connectivity index (χ0n) is 10.4. The van der Waals surface area contributed by atoms with Gasteiger partial charge in [0.05, 0.1) is 14.2 Å². The van der Waals surface area contributed by atoms with E-state index in [0.29, 0.717) is 5.75 Å². The molecule has 1 rings (SSSR count). The zero-order valence-corrected chi connectivity index (χ0v) is 12.1. The highest BCUT2D eigenvalue weighted by molar-refractivity contribution is 7.98. The number of benzene rings is 1. The van der Waals surface area contributed by atoms with Crippen molar-refractivity contribution in [2.75, 3.05) is 20.0 Å². The van der Waals surface area contributed by atoms with E-state index >= 15 is 0 Å². The Morgan fingerprint density at radius 1 is 1.33 bits per heavy atom. The maximum atomic E-state index is 11.1. The van der Waals surface area contributed by atoms with E-state index < -0.39 is 6.04 Å². The molecule has 0 spiro atoms. The van der Waals surface area contributed by atoms with Crippen LogP contribution in [0.4, 0.5) is 0 Å². The van der Waals surface area contributed by atoms with Gasteiger partial charge in [0.15, 0.2) is 0 Å². The number of halogens is 1. The van der Waals surface area contributed by atoms with Crippen molar-refractivity contribution in [1.29, 1.82) is 0 Å². The lowest BCUT2D eigenvalue weighted by Gasteiger charge is -2.08. The number of esters is 1. The Morgan fingerprint density at radius 3 is 2.44 bits per heavy atom. The van der Waals surface area contributed by atoms with Crippen LogP contribution >= 0.6 is 24.2 Å². The molecule has 1 atom stereocenters. The van der Waals surface area contributed by atoms with E-state index in [4.69, 9.17) is 10.5 Å². The van der Waals surface area contributed by atoms with Crippen LogP contribution in [0.3, 0.4) is 0 Å². The molecule has 0 aromatic heterocycles. The zero-order chi connectivity index (χ0) is 12.7. The molecular formula is C12H18ClNO3S. The summed E-state index contributed by atoms with van der Waals surface area (Å²) in [5, 5.41) is 0. The number of rotatable bonds is 6. The lowest BCUT2D eigenvalue weighted by molar-refractivity contribution is -0.141. The third-order valence-corrected chi connectivity index (χ3v) is 3.36. The molecule has 0 saturated heterocycles. The van der Waals surface area contributed by atoms with Crippen molar-refractivity contribution in [3.05, 3.63) is 29.8 Å². The number of carbonyl (C=O) groups is 1. The molecule has 0 radical (unpaired) electrons. The molecule has 0 amide bonds. The fourth-order valence-corrected chi connectivity index (χ4v) is 2.18. The summed E-state index contributed by atoms with van der Waals surface area (Å²) < 4.78 is 9.62. The van der Waals surface area contributed by atoms with Crippen LogP contribution in [0.15, 0.2) is 24.3 Å². The van der Waals surface area contributed by atoms with Crippen molar-refractivity contribution in [3.63, 3.8) is 0 Å². The smallest absolute Gasteiger partial charge is 0.323 e. The van der Waals surface area contributed by atoms with Gasteiger partial charge >= 0.3 is 5.97 Å². The number of carbonyl (C=O) groups excluding carboxylic acids is 1. The number of hydrogen-bond donors (Lipinski definition) is 1. The lowest BCUT2D eigenvalue weighted by atomic mass is 10.2. The molecule has 0 aliphatic carbocycles. The summed E-state index contributed by atoms with van der Waals surface area (Å²) in [6.07, 6.45) is 0. The van der Waals surface area contributed by atoms with Crippen LogP contribution < -0.4 is 10.5 Å². The molecule has 2 N–H and O–H groups in total. The largest absolute Gasteiger partial charge is 0.497 e. The van der Waals surface area contributed by atoms with Gasteiger partial charge < -0.3 is 15.2 Å². The number of methoxy groups -OCH3 is 2. The fourth-order valence-electron chi connectivity index (χ4n) is 1.24. The second kappa shape index (κ2) is 9.08. The highest BCUT2D eigenvalue weighted by Crippen LogP contribution is 2.16. The van der Waals surface area contributed by atoms with Crippen molar-refractivity contribution in [1.82, 2.24) is 0 Å². The summed E-state index contributed by atoms with van der Waals surface area (Å²) in [7, 11) is 2.98. The van der Waals surface area contributed by atoms with Crippen LogP contribution in [0.25, 0.3) is 0 Å². The third-order valence-electron chi connectivity index (χ3n) is 2.23. The van der Waals surface area contributed by atoms with Crippen molar-refractivity contribution < 1.29 is 14.3 Å². The monoisotopic (exact) mass is 291 g/mol. The third kappa shape index (κ3) is 5.62. The number of hydrogen-bond acceptors (Lipinski definition) is 5. The van der Waals surface area contributed by atoms with E-state index in [1.54, 1.807) is 18.9 Å². The second-order valence-electron chi connectivity index (χ2n) is 3.49. The molecule has 18 heavy (non-hydrogen) atoms. The molecule has 4 nitrogen and oxygen atoms in total. The molecule has 0 fully saturated rings. The summed E-state index contributed by atoms with van der Waals surface area (Å²) in [6, 6.07) is 7.26. The van der Waals surface area contributed by atoms with E-state index in [2.05, 4.69) is 4.74 Å². The van der Waals surface area contributed by atoms with E-state index in [-0.39, 0.29) is 18.4 Å². The van der Waals surface area contributed by atoms with Gasteiger partial charge in [-0.2, -0.15) is 11.8 Å². The predicted octanol–water partition coefficient (Wildman–Crippen LogP) is 1.85. The molecule has 0 unspecified atom stereocenters. The van der Waals surface area contributed by atoms with Crippen molar-refractivity contribution in [2.45, 2.75) is 11.8 Å². The van der Waals surface area contributed by atoms with Crippen LogP contribution in [0, 0.1) is 0 Å². The van der Waals surface area contributed by atoms with Crippen LogP contribution in [0.5, 0.6) is 5.75 Å². The maximum absolute atomic E-state index is 11.1. The molecular weight excluding hydrogens is 274 g/mol. The van der Waals surface area contributed by atoms with Gasteiger partial charge in [0, 0.05) is 11.5 Å². The van der Waals surface area contributed by atoms with Crippen LogP contribution in [0.1, 0.15) is 5.56 Å². The Bertz CT molecular complexity index is 359. The Morgan fingerprint density at radius 2 is 1.94 bits per heavy atom. The molecule has 0 heterocycles. The van der Waals surface area contributed by atoms with Gasteiger partial charge in [0.25, 0.3) is 0 Å². The normalized spacial score (nSPS) is 11.3. The second-order valence-corrected chi connectivity index (χ2v) is 4.52. The minimum absolute atomic E-state index is 0. The van der Waals surface area contributed by atoms with Gasteiger partial charge in [-0.1, -0.05) is 12.1 Å². The Balaban J connectivity index is 0.00000289. The predicted molar refractivity (Wildman–Crippen MR) is 76.4 cm³/mol. The molecule has 0 aliphatic heterocycles. The lowest BCUT2D eigenvalue weighted by Crippen LogP contribution is -2.33. The van der Waals surface area contributed by atoms with E-state index in [9.17, 15) is 4.79 Å². The average Bonchev–Trinajstić information content (AvgIpc) is 2.38. The Kier molecular flexibility index (Phi) is 8.62. The van der Waals surface area contributed by atoms with Crippen LogP contribution in [-0.2, 0) is 15.3 Å². The molecule has 1 aromatic carbocycles. The van der Waals surface area contributed by atoms with Gasteiger partial charge in [-0.15, -0.1) is 12.4 Å². The van der Waals surface area contributed by atoms with Crippen LogP contribution in [-0.4, -0.2) is 32.0 Å². The molecule has 0 aliphatic rings. The van der Waals surface area contributed by atoms with Crippen molar-refractivity contribution in [2.24, 2.45) is 5.73 Å². The fraction of sp³-hybridized carbons (Fsp3) is 0.417. The summed E-state index contributed by atoms with van der Waals surface area (Å²) >= 11 is 1.60. The van der Waals surface area contributed by atoms with Gasteiger partial charge in [-0.05, 0) is 17.7 Å². The number of thioether (sulfide) groups is 1. The van der Waals surface area contributed by atoms with E-state index in [1.807, 2.05) is 24.3 Å². The number of ether oxygens (including phenoxy) is 2. The first kappa shape index (κ1) is 17.1. The summed E-state index contributed by atoms with van der Waals surface area (Å²) in [5.41, 5.74) is 6.80. The quantitative estimate of drug-likeness (QED) is 0.811. The highest BCUT2D eigenvalue weighted by atomic mass is 35.5. The summed E-state index contributed by atoms with van der Waals surface area (Å²) in [6.45, 7) is 0. The standard InChI is InChI=1S/C12H17NO3S.ClH/c1-15-10-5-3-9(4-6-10)7-17-8-11(13)12(14)16-2;/h3-6,11H,7-8,13H2,1-2H3;1H/t11-;/m0./s1. The maximum Gasteiger partial charge on any atom is 0.323 e. The Hall–Kier alpha value is -0.910. The highest BCUT2D eigenvalue weighted by Gasteiger charge is 2.12. The van der Waals surface area contributed by atoms with Crippen molar-refractivity contribution in [3.8, 4) is 5.75 Å². The van der Waals surface area contributed by atoms with Gasteiger partial charge in [-0.3, -0.25) is 4.79 Å². The van der Waals surface area contributed by atoms with Gasteiger partial charge in [0.1, 0.15) is 11.8 Å². The molecule has 0 saturated carbocycles. The van der Waals surface area contributed by atoms with E-state index in [1.165, 1.54) is 12.7 Å². The van der Waals surface area contributed by atoms with Crippen LogP contribution in [0.2, 0.25) is 0 Å². The molecule has 6 heteroatoms.